The first-order chi connectivity index (χ1) is 17.5. The summed E-state index contributed by atoms with van der Waals surface area (Å²) in [7, 11) is 0. The van der Waals surface area contributed by atoms with Crippen molar-refractivity contribution in [3.05, 3.63) is 68.7 Å². The van der Waals surface area contributed by atoms with Crippen molar-refractivity contribution in [2.75, 3.05) is 25.0 Å². The van der Waals surface area contributed by atoms with Gasteiger partial charge in [-0.3, -0.25) is 9.36 Å². The van der Waals surface area contributed by atoms with Gasteiger partial charge in [0.1, 0.15) is 0 Å². The second-order valence-corrected chi connectivity index (χ2v) is 10.6. The minimum absolute atomic E-state index is 0.0626. The highest BCUT2D eigenvalue weighted by atomic mass is 35.5. The lowest BCUT2D eigenvalue weighted by Crippen LogP contribution is -2.53. The summed E-state index contributed by atoms with van der Waals surface area (Å²) in [5.41, 5.74) is 2.44. The fourth-order valence-corrected chi connectivity index (χ4v) is 5.52. The van der Waals surface area contributed by atoms with Gasteiger partial charge >= 0.3 is 0 Å². The number of aryl methyl sites for hydroxylation is 2. The third kappa shape index (κ3) is 5.85. The van der Waals surface area contributed by atoms with E-state index < -0.39 is 0 Å². The molecule has 36 heavy (non-hydrogen) atoms. The van der Waals surface area contributed by atoms with Gasteiger partial charge in [-0.1, -0.05) is 42.1 Å². The van der Waals surface area contributed by atoms with Crippen molar-refractivity contribution in [2.45, 2.75) is 57.7 Å². The number of guanidine groups is 1. The number of nitrogens with one attached hydrogen (secondary N) is 2. The van der Waals surface area contributed by atoms with Gasteiger partial charge in [0.15, 0.2) is 5.96 Å². The first-order valence-electron chi connectivity index (χ1n) is 12.7. The molecule has 3 aromatic rings. The molecule has 1 aromatic heterocycles. The number of anilines is 1. The first-order valence-corrected chi connectivity index (χ1v) is 13.5. The first kappa shape index (κ1) is 25.1. The van der Waals surface area contributed by atoms with Crippen LogP contribution in [0.1, 0.15) is 38.2 Å². The average Bonchev–Trinajstić information content (AvgIpc) is 3.37. The Bertz CT molecular complexity index is 1320. The van der Waals surface area contributed by atoms with Crippen molar-refractivity contribution in [1.29, 1.82) is 0 Å². The maximum Gasteiger partial charge on any atom is 0.261 e. The summed E-state index contributed by atoms with van der Waals surface area (Å²) in [5.74, 6) is 0.919. The number of halogens is 2. The molecular formula is C27H32Cl2N6O. The van der Waals surface area contributed by atoms with Crippen molar-refractivity contribution in [3.8, 4) is 0 Å². The van der Waals surface area contributed by atoms with Crippen molar-refractivity contribution in [3.63, 3.8) is 0 Å². The van der Waals surface area contributed by atoms with Crippen molar-refractivity contribution >= 4 is 45.8 Å². The van der Waals surface area contributed by atoms with E-state index in [-0.39, 0.29) is 5.56 Å². The molecule has 0 radical (unpaired) electrons. The van der Waals surface area contributed by atoms with Crippen LogP contribution >= 0.6 is 23.2 Å². The zero-order valence-electron chi connectivity index (χ0n) is 20.5. The molecule has 2 aromatic carbocycles. The lowest BCUT2D eigenvalue weighted by molar-refractivity contribution is 0.301. The molecular weight excluding hydrogens is 495 g/mol. The average molecular weight is 528 g/mol. The Hall–Kier alpha value is -2.61. The molecule has 1 aliphatic heterocycles. The van der Waals surface area contributed by atoms with Crippen molar-refractivity contribution in [1.82, 2.24) is 19.8 Å². The molecule has 2 N–H and O–H groups in total. The van der Waals surface area contributed by atoms with E-state index >= 15 is 0 Å². The number of fused-ring (bicyclic) bond motifs is 1. The van der Waals surface area contributed by atoms with Gasteiger partial charge in [0.25, 0.3) is 5.56 Å². The SMILES string of the molecule is C[C@H]1CN(/C(=N/C2CCCC2)Nc2ccc3c(=O)n(CCc4ccc(Cl)cc4Cl)cnc3c2)CCN1. The van der Waals surface area contributed by atoms with Gasteiger partial charge in [-0.05, 0) is 62.1 Å². The zero-order valence-corrected chi connectivity index (χ0v) is 22.0. The molecule has 5 rings (SSSR count). The van der Waals surface area contributed by atoms with Crippen LogP contribution in [0, 0.1) is 0 Å². The number of hydrogen-bond donors (Lipinski definition) is 2. The van der Waals surface area contributed by atoms with Gasteiger partial charge in [0.2, 0.25) is 0 Å². The number of piperazine rings is 1. The van der Waals surface area contributed by atoms with Crippen LogP contribution in [0.4, 0.5) is 5.69 Å². The predicted octanol–water partition coefficient (Wildman–Crippen LogP) is 4.95. The molecule has 1 saturated carbocycles. The molecule has 190 valence electrons. The topological polar surface area (TPSA) is 74.5 Å². The summed E-state index contributed by atoms with van der Waals surface area (Å²) < 4.78 is 1.63. The molecule has 9 heteroatoms. The molecule has 1 saturated heterocycles. The van der Waals surface area contributed by atoms with Crippen LogP contribution in [0.2, 0.25) is 10.0 Å². The lowest BCUT2D eigenvalue weighted by atomic mass is 10.1. The molecule has 2 aliphatic rings. The molecule has 0 spiro atoms. The van der Waals surface area contributed by atoms with Crippen LogP contribution in [0.5, 0.6) is 0 Å². The van der Waals surface area contributed by atoms with Crippen LogP contribution in [0.25, 0.3) is 10.9 Å². The van der Waals surface area contributed by atoms with E-state index in [1.54, 1.807) is 17.0 Å². The smallest absolute Gasteiger partial charge is 0.261 e. The summed E-state index contributed by atoms with van der Waals surface area (Å²) in [6.07, 6.45) is 7.02. The second-order valence-electron chi connectivity index (χ2n) is 9.78. The van der Waals surface area contributed by atoms with E-state index in [2.05, 4.69) is 27.4 Å². The molecule has 1 atom stereocenters. The molecule has 0 unspecified atom stereocenters. The fraction of sp³-hybridized carbons (Fsp3) is 0.444. The maximum absolute atomic E-state index is 13.1. The fourth-order valence-electron chi connectivity index (χ4n) is 5.01. The Morgan fingerprint density at radius 2 is 2.03 bits per heavy atom. The summed E-state index contributed by atoms with van der Waals surface area (Å²) in [6, 6.07) is 11.9. The standard InChI is InChI=1S/C27H32Cl2N6O/c1-18-16-34(13-11-30-18)27(32-21-4-2-3-5-21)33-22-8-9-23-25(15-22)31-17-35(26(23)36)12-10-19-6-7-20(28)14-24(19)29/h6-9,14-15,17-18,21,30H,2-5,10-13,16H2,1H3,(H,32,33)/t18-/m0/s1. The molecule has 7 nitrogen and oxygen atoms in total. The van der Waals surface area contributed by atoms with Crippen LogP contribution in [0.3, 0.4) is 0 Å². The highest BCUT2D eigenvalue weighted by Gasteiger charge is 2.22. The van der Waals surface area contributed by atoms with Crippen molar-refractivity contribution in [2.24, 2.45) is 4.99 Å². The highest BCUT2D eigenvalue weighted by molar-refractivity contribution is 6.35. The summed E-state index contributed by atoms with van der Waals surface area (Å²) in [4.78, 5) is 25.2. The Kier molecular flexibility index (Phi) is 7.79. The lowest BCUT2D eigenvalue weighted by Gasteiger charge is -2.35. The van der Waals surface area contributed by atoms with E-state index in [1.807, 2.05) is 30.3 Å². The van der Waals surface area contributed by atoms with Crippen LogP contribution in [-0.4, -0.2) is 52.1 Å². The zero-order chi connectivity index (χ0) is 25.1. The predicted molar refractivity (Wildman–Crippen MR) is 149 cm³/mol. The Labute approximate surface area is 221 Å². The number of rotatable bonds is 5. The quantitative estimate of drug-likeness (QED) is 0.363. The molecule has 0 bridgehead atoms. The molecule has 2 heterocycles. The Balaban J connectivity index is 1.35. The maximum atomic E-state index is 13.1. The van der Waals surface area contributed by atoms with Gasteiger partial charge in [-0.15, -0.1) is 0 Å². The van der Waals surface area contributed by atoms with Gasteiger partial charge < -0.3 is 15.5 Å². The van der Waals surface area contributed by atoms with Gasteiger partial charge in [-0.25, -0.2) is 9.98 Å². The van der Waals surface area contributed by atoms with E-state index in [0.717, 1.165) is 49.7 Å². The number of benzene rings is 2. The van der Waals surface area contributed by atoms with E-state index in [9.17, 15) is 4.79 Å². The van der Waals surface area contributed by atoms with Gasteiger partial charge in [-0.2, -0.15) is 0 Å². The van der Waals surface area contributed by atoms with E-state index in [4.69, 9.17) is 28.2 Å². The third-order valence-electron chi connectivity index (χ3n) is 7.02. The normalized spacial score (nSPS) is 19.2. The van der Waals surface area contributed by atoms with Gasteiger partial charge in [0.05, 0.1) is 23.3 Å². The Morgan fingerprint density at radius 3 is 2.81 bits per heavy atom. The summed E-state index contributed by atoms with van der Waals surface area (Å²) in [6.45, 7) is 5.45. The van der Waals surface area contributed by atoms with Crippen LogP contribution in [0.15, 0.2) is 52.5 Å². The van der Waals surface area contributed by atoms with Crippen LogP contribution < -0.4 is 16.2 Å². The van der Waals surface area contributed by atoms with Crippen molar-refractivity contribution < 1.29 is 0 Å². The second kappa shape index (κ2) is 11.2. The number of aliphatic imine (C=N–C) groups is 1. The van der Waals surface area contributed by atoms with Gasteiger partial charge in [0, 0.05) is 48.0 Å². The molecule has 1 aliphatic carbocycles. The van der Waals surface area contributed by atoms with Crippen LogP contribution in [-0.2, 0) is 13.0 Å². The summed E-state index contributed by atoms with van der Waals surface area (Å²) >= 11 is 12.3. The Morgan fingerprint density at radius 1 is 1.19 bits per heavy atom. The minimum atomic E-state index is -0.0626. The molecule has 0 amide bonds. The number of aromatic nitrogens is 2. The third-order valence-corrected chi connectivity index (χ3v) is 7.60. The highest BCUT2D eigenvalue weighted by Crippen LogP contribution is 2.23. The number of hydrogen-bond acceptors (Lipinski definition) is 4. The molecule has 2 fully saturated rings. The summed E-state index contributed by atoms with van der Waals surface area (Å²) in [5, 5.41) is 8.85. The monoisotopic (exact) mass is 526 g/mol. The van der Waals surface area contributed by atoms with E-state index in [1.165, 1.54) is 12.8 Å². The minimum Gasteiger partial charge on any atom is -0.340 e. The largest absolute Gasteiger partial charge is 0.340 e. The van der Waals surface area contributed by atoms with E-state index in [0.29, 0.717) is 46.0 Å². The number of nitrogens with zero attached hydrogens (tertiary/aromatic N) is 4.